The first-order valence-corrected chi connectivity index (χ1v) is 4.16. The Balaban J connectivity index is 2.96. The van der Waals surface area contributed by atoms with Gasteiger partial charge in [0.25, 0.3) is 0 Å². The van der Waals surface area contributed by atoms with Gasteiger partial charge in [0, 0.05) is 18.5 Å². The Hall–Kier alpha value is -0.530. The first-order valence-electron chi connectivity index (χ1n) is 4.16. The third-order valence-corrected chi connectivity index (χ3v) is 3.34. The molecule has 1 amide bonds. The normalized spacial score (nSPS) is 36.5. The number of rotatable bonds is 0. The van der Waals surface area contributed by atoms with E-state index in [1.54, 1.807) is 0 Å². The summed E-state index contributed by atoms with van der Waals surface area (Å²) in [6, 6.07) is 0.387. The van der Waals surface area contributed by atoms with Gasteiger partial charge >= 0.3 is 0 Å². The van der Waals surface area contributed by atoms with Crippen molar-refractivity contribution in [2.75, 3.05) is 7.05 Å². The minimum Gasteiger partial charge on any atom is -0.342 e. The summed E-state index contributed by atoms with van der Waals surface area (Å²) in [7, 11) is 1.89. The van der Waals surface area contributed by atoms with Crippen LogP contribution in [0, 0.1) is 11.3 Å². The molecule has 2 heteroatoms. The molecule has 0 radical (unpaired) electrons. The van der Waals surface area contributed by atoms with Crippen LogP contribution in [0.3, 0.4) is 0 Å². The molecule has 1 rings (SSSR count). The average Bonchev–Trinajstić information content (AvgIpc) is 2.06. The number of hydrogen-bond acceptors (Lipinski definition) is 1. The first-order chi connectivity index (χ1) is 4.89. The average molecular weight is 155 g/mol. The van der Waals surface area contributed by atoms with Gasteiger partial charge in [-0.3, -0.25) is 4.79 Å². The Labute approximate surface area is 68.6 Å². The van der Waals surface area contributed by atoms with E-state index in [9.17, 15) is 4.79 Å². The minimum absolute atomic E-state index is 0.159. The van der Waals surface area contributed by atoms with Crippen molar-refractivity contribution >= 4 is 5.91 Å². The molecule has 2 atom stereocenters. The third-order valence-electron chi connectivity index (χ3n) is 3.34. The summed E-state index contributed by atoms with van der Waals surface area (Å²) in [5, 5.41) is 0. The number of likely N-dealkylation sites (tertiary alicyclic amines) is 1. The molecule has 64 valence electrons. The number of amides is 1. The standard InChI is InChI=1S/C9H17NO/c1-6-7(2)10(5)8(11)9(6,3)4/h6-7H,1-5H3. The van der Waals surface area contributed by atoms with E-state index in [2.05, 4.69) is 13.8 Å². The van der Waals surface area contributed by atoms with Gasteiger partial charge < -0.3 is 4.90 Å². The molecule has 0 aliphatic carbocycles. The molecule has 11 heavy (non-hydrogen) atoms. The molecule has 1 fully saturated rings. The SMILES string of the molecule is CC1C(C)C(C)(C)C(=O)N1C. The lowest BCUT2D eigenvalue weighted by atomic mass is 9.80. The molecule has 0 aromatic rings. The van der Waals surface area contributed by atoms with Crippen LogP contribution in [0.25, 0.3) is 0 Å². The van der Waals surface area contributed by atoms with Gasteiger partial charge in [-0.2, -0.15) is 0 Å². The number of carbonyl (C=O) groups excluding carboxylic acids is 1. The topological polar surface area (TPSA) is 20.3 Å². The Morgan fingerprint density at radius 1 is 1.36 bits per heavy atom. The molecule has 2 nitrogen and oxygen atoms in total. The molecule has 0 N–H and O–H groups in total. The largest absolute Gasteiger partial charge is 0.342 e. The molecular weight excluding hydrogens is 138 g/mol. The molecule has 0 saturated carbocycles. The van der Waals surface area contributed by atoms with Gasteiger partial charge in [-0.1, -0.05) is 20.8 Å². The Kier molecular flexibility index (Phi) is 1.73. The van der Waals surface area contributed by atoms with Crippen molar-refractivity contribution in [3.8, 4) is 0 Å². The van der Waals surface area contributed by atoms with Crippen molar-refractivity contribution in [3.05, 3.63) is 0 Å². The quantitative estimate of drug-likeness (QED) is 0.519. The summed E-state index contributed by atoms with van der Waals surface area (Å²) in [6.07, 6.45) is 0. The fourth-order valence-corrected chi connectivity index (χ4v) is 1.77. The molecule has 2 unspecified atom stereocenters. The molecule has 1 aliphatic rings. The van der Waals surface area contributed by atoms with Crippen LogP contribution in [0.15, 0.2) is 0 Å². The van der Waals surface area contributed by atoms with Crippen molar-refractivity contribution in [2.24, 2.45) is 11.3 Å². The zero-order valence-electron chi connectivity index (χ0n) is 8.01. The van der Waals surface area contributed by atoms with Crippen LogP contribution in [0.1, 0.15) is 27.7 Å². The molecule has 1 aliphatic heterocycles. The van der Waals surface area contributed by atoms with Gasteiger partial charge in [0.05, 0.1) is 0 Å². The van der Waals surface area contributed by atoms with Gasteiger partial charge in [-0.05, 0) is 12.8 Å². The van der Waals surface area contributed by atoms with E-state index in [-0.39, 0.29) is 11.3 Å². The maximum atomic E-state index is 11.6. The van der Waals surface area contributed by atoms with Gasteiger partial charge in [0.15, 0.2) is 0 Å². The van der Waals surface area contributed by atoms with Crippen LogP contribution in [0.2, 0.25) is 0 Å². The predicted octanol–water partition coefficient (Wildman–Crippen LogP) is 1.51. The Bertz CT molecular complexity index is 186. The van der Waals surface area contributed by atoms with Crippen molar-refractivity contribution in [1.29, 1.82) is 0 Å². The van der Waals surface area contributed by atoms with Crippen molar-refractivity contribution in [1.82, 2.24) is 4.90 Å². The summed E-state index contributed by atoms with van der Waals surface area (Å²) < 4.78 is 0. The summed E-state index contributed by atoms with van der Waals surface area (Å²) in [6.45, 7) is 8.31. The molecule has 1 saturated heterocycles. The van der Waals surface area contributed by atoms with Gasteiger partial charge in [-0.15, -0.1) is 0 Å². The highest BCUT2D eigenvalue weighted by Gasteiger charge is 2.47. The Morgan fingerprint density at radius 3 is 1.91 bits per heavy atom. The van der Waals surface area contributed by atoms with Crippen LogP contribution in [0.5, 0.6) is 0 Å². The zero-order chi connectivity index (χ0) is 8.81. The lowest BCUT2D eigenvalue weighted by Crippen LogP contribution is -2.29. The van der Waals surface area contributed by atoms with E-state index in [4.69, 9.17) is 0 Å². The number of hydrogen-bond donors (Lipinski definition) is 0. The van der Waals surface area contributed by atoms with E-state index in [0.29, 0.717) is 12.0 Å². The van der Waals surface area contributed by atoms with Crippen LogP contribution in [0.4, 0.5) is 0 Å². The summed E-state index contributed by atoms with van der Waals surface area (Å²) >= 11 is 0. The fourth-order valence-electron chi connectivity index (χ4n) is 1.77. The van der Waals surface area contributed by atoms with Crippen molar-refractivity contribution in [2.45, 2.75) is 33.7 Å². The molecule has 0 spiro atoms. The Morgan fingerprint density at radius 2 is 1.82 bits per heavy atom. The minimum atomic E-state index is -0.159. The first kappa shape index (κ1) is 8.57. The fraction of sp³-hybridized carbons (Fsp3) is 0.889. The van der Waals surface area contributed by atoms with E-state index in [1.807, 2.05) is 25.8 Å². The number of nitrogens with zero attached hydrogens (tertiary/aromatic N) is 1. The van der Waals surface area contributed by atoms with Gasteiger partial charge in [-0.25, -0.2) is 0 Å². The van der Waals surface area contributed by atoms with Crippen LogP contribution in [-0.4, -0.2) is 23.9 Å². The van der Waals surface area contributed by atoms with Crippen LogP contribution in [-0.2, 0) is 4.79 Å². The zero-order valence-corrected chi connectivity index (χ0v) is 8.01. The van der Waals surface area contributed by atoms with Crippen LogP contribution >= 0.6 is 0 Å². The van der Waals surface area contributed by atoms with E-state index >= 15 is 0 Å². The van der Waals surface area contributed by atoms with E-state index in [1.165, 1.54) is 0 Å². The highest BCUT2D eigenvalue weighted by atomic mass is 16.2. The summed E-state index contributed by atoms with van der Waals surface area (Å²) in [5.41, 5.74) is -0.159. The maximum Gasteiger partial charge on any atom is 0.228 e. The van der Waals surface area contributed by atoms with Crippen molar-refractivity contribution < 1.29 is 4.79 Å². The van der Waals surface area contributed by atoms with Crippen molar-refractivity contribution in [3.63, 3.8) is 0 Å². The molecule has 0 bridgehead atoms. The molecule has 0 aromatic heterocycles. The van der Waals surface area contributed by atoms with E-state index < -0.39 is 0 Å². The second kappa shape index (κ2) is 2.23. The maximum absolute atomic E-state index is 11.6. The van der Waals surface area contributed by atoms with Gasteiger partial charge in [0.2, 0.25) is 5.91 Å². The monoisotopic (exact) mass is 155 g/mol. The highest BCUT2D eigenvalue weighted by Crippen LogP contribution is 2.39. The lowest BCUT2D eigenvalue weighted by molar-refractivity contribution is -0.134. The van der Waals surface area contributed by atoms with Gasteiger partial charge in [0.1, 0.15) is 0 Å². The van der Waals surface area contributed by atoms with E-state index in [0.717, 1.165) is 0 Å². The summed E-state index contributed by atoms with van der Waals surface area (Å²) in [5.74, 6) is 0.734. The lowest BCUT2D eigenvalue weighted by Gasteiger charge is -2.20. The second-order valence-corrected chi connectivity index (χ2v) is 4.17. The smallest absolute Gasteiger partial charge is 0.228 e. The second-order valence-electron chi connectivity index (χ2n) is 4.17. The molecule has 0 aromatic carbocycles. The molecular formula is C9H17NO. The highest BCUT2D eigenvalue weighted by molar-refractivity contribution is 5.84. The predicted molar refractivity (Wildman–Crippen MR) is 45.2 cm³/mol. The summed E-state index contributed by atoms with van der Waals surface area (Å²) in [4.78, 5) is 13.4. The third kappa shape index (κ3) is 0.959. The number of carbonyl (C=O) groups is 1. The molecule has 1 heterocycles. The van der Waals surface area contributed by atoms with Crippen LogP contribution < -0.4 is 0 Å².